The molecule has 0 heterocycles. The number of ketones is 1. The zero-order valence-corrected chi connectivity index (χ0v) is 13.0. The van der Waals surface area contributed by atoms with Crippen molar-refractivity contribution in [1.29, 1.82) is 0 Å². The van der Waals surface area contributed by atoms with Crippen LogP contribution in [0.3, 0.4) is 0 Å². The first-order valence-corrected chi connectivity index (χ1v) is 8.04. The molecular weight excluding hydrogens is 248 g/mol. The van der Waals surface area contributed by atoms with Gasteiger partial charge in [-0.15, -0.1) is 0 Å². The van der Waals surface area contributed by atoms with E-state index in [-0.39, 0.29) is 5.78 Å². The molecule has 2 nitrogen and oxygen atoms in total. The molecule has 1 aromatic carbocycles. The minimum absolute atomic E-state index is 0.153. The lowest BCUT2D eigenvalue weighted by Gasteiger charge is -2.10. The Bertz CT molecular complexity index is 385. The normalized spacial score (nSPS) is 10.5. The van der Waals surface area contributed by atoms with E-state index in [1.807, 2.05) is 31.2 Å². The lowest BCUT2D eigenvalue weighted by Crippen LogP contribution is -2.04. The SMILES string of the molecule is CCCCCCCCCOc1ccccc1C(=O)CC. The van der Waals surface area contributed by atoms with Crippen LogP contribution in [0.5, 0.6) is 5.75 Å². The maximum Gasteiger partial charge on any atom is 0.166 e. The van der Waals surface area contributed by atoms with E-state index in [9.17, 15) is 4.79 Å². The molecule has 1 rings (SSSR count). The zero-order chi connectivity index (χ0) is 14.6. The number of unbranched alkanes of at least 4 members (excludes halogenated alkanes) is 6. The summed E-state index contributed by atoms with van der Waals surface area (Å²) in [5, 5.41) is 0. The summed E-state index contributed by atoms with van der Waals surface area (Å²) in [6.45, 7) is 4.83. The molecule has 2 heteroatoms. The number of Topliss-reactive ketones (excluding diaryl/α,β-unsaturated/α-hetero) is 1. The maximum atomic E-state index is 11.8. The number of hydrogen-bond donors (Lipinski definition) is 0. The topological polar surface area (TPSA) is 26.3 Å². The smallest absolute Gasteiger partial charge is 0.166 e. The van der Waals surface area contributed by atoms with Crippen molar-refractivity contribution in [3.63, 3.8) is 0 Å². The van der Waals surface area contributed by atoms with E-state index in [2.05, 4.69) is 6.92 Å². The summed E-state index contributed by atoms with van der Waals surface area (Å²) in [5.41, 5.74) is 0.720. The minimum Gasteiger partial charge on any atom is -0.493 e. The fourth-order valence-corrected chi connectivity index (χ4v) is 2.25. The van der Waals surface area contributed by atoms with Crippen molar-refractivity contribution >= 4 is 5.78 Å². The first-order chi connectivity index (χ1) is 9.79. The molecule has 0 N–H and O–H groups in total. The van der Waals surface area contributed by atoms with E-state index in [0.717, 1.165) is 17.7 Å². The van der Waals surface area contributed by atoms with Gasteiger partial charge in [0.25, 0.3) is 0 Å². The van der Waals surface area contributed by atoms with Gasteiger partial charge in [-0.1, -0.05) is 64.5 Å². The highest BCUT2D eigenvalue weighted by molar-refractivity contribution is 5.98. The molecule has 1 aromatic rings. The number of carbonyl (C=O) groups is 1. The summed E-state index contributed by atoms with van der Waals surface area (Å²) < 4.78 is 5.77. The lowest BCUT2D eigenvalue weighted by atomic mass is 10.1. The van der Waals surface area contributed by atoms with Crippen molar-refractivity contribution < 1.29 is 9.53 Å². The Morgan fingerprint density at radius 1 is 0.950 bits per heavy atom. The molecule has 0 aromatic heterocycles. The van der Waals surface area contributed by atoms with Gasteiger partial charge in [-0.05, 0) is 18.6 Å². The molecule has 0 spiro atoms. The summed E-state index contributed by atoms with van der Waals surface area (Å²) >= 11 is 0. The molecule has 0 atom stereocenters. The van der Waals surface area contributed by atoms with Gasteiger partial charge >= 0.3 is 0 Å². The van der Waals surface area contributed by atoms with Crippen molar-refractivity contribution in [2.75, 3.05) is 6.61 Å². The lowest BCUT2D eigenvalue weighted by molar-refractivity contribution is 0.0984. The van der Waals surface area contributed by atoms with Crippen molar-refractivity contribution in [2.24, 2.45) is 0 Å². The summed E-state index contributed by atoms with van der Waals surface area (Å²) in [5.74, 6) is 0.894. The predicted molar refractivity (Wildman–Crippen MR) is 84.6 cm³/mol. The second-order valence-corrected chi connectivity index (χ2v) is 5.24. The van der Waals surface area contributed by atoms with Gasteiger partial charge < -0.3 is 4.74 Å². The summed E-state index contributed by atoms with van der Waals surface area (Å²) in [6.07, 6.45) is 9.43. The number of hydrogen-bond acceptors (Lipinski definition) is 2. The highest BCUT2D eigenvalue weighted by Crippen LogP contribution is 2.20. The summed E-state index contributed by atoms with van der Waals surface area (Å²) in [6, 6.07) is 7.56. The van der Waals surface area contributed by atoms with Gasteiger partial charge in [0.2, 0.25) is 0 Å². The molecule has 0 saturated carbocycles. The van der Waals surface area contributed by atoms with Gasteiger partial charge in [0.1, 0.15) is 5.75 Å². The molecule has 0 unspecified atom stereocenters. The quantitative estimate of drug-likeness (QED) is 0.399. The third kappa shape index (κ3) is 6.23. The minimum atomic E-state index is 0.153. The molecule has 0 amide bonds. The molecule has 20 heavy (non-hydrogen) atoms. The highest BCUT2D eigenvalue weighted by atomic mass is 16.5. The predicted octanol–water partition coefficient (Wildman–Crippen LogP) is 5.41. The Morgan fingerprint density at radius 2 is 1.60 bits per heavy atom. The van der Waals surface area contributed by atoms with E-state index >= 15 is 0 Å². The molecule has 0 saturated heterocycles. The third-order valence-electron chi connectivity index (χ3n) is 3.51. The molecular formula is C18H28O2. The largest absolute Gasteiger partial charge is 0.493 e. The van der Waals surface area contributed by atoms with E-state index in [1.165, 1.54) is 38.5 Å². The molecule has 0 fully saturated rings. The molecule has 0 bridgehead atoms. The van der Waals surface area contributed by atoms with Gasteiger partial charge in [0.05, 0.1) is 12.2 Å². The Labute approximate surface area is 123 Å². The van der Waals surface area contributed by atoms with Gasteiger partial charge in [-0.3, -0.25) is 4.79 Å². The van der Waals surface area contributed by atoms with Crippen LogP contribution < -0.4 is 4.74 Å². The Kier molecular flexibility index (Phi) is 8.77. The van der Waals surface area contributed by atoms with Crippen molar-refractivity contribution in [3.05, 3.63) is 29.8 Å². The van der Waals surface area contributed by atoms with Crippen LogP contribution >= 0.6 is 0 Å². The van der Waals surface area contributed by atoms with Crippen LogP contribution in [-0.2, 0) is 0 Å². The Balaban J connectivity index is 2.23. The second kappa shape index (κ2) is 10.5. The number of benzene rings is 1. The van der Waals surface area contributed by atoms with Crippen LogP contribution in [0.15, 0.2) is 24.3 Å². The van der Waals surface area contributed by atoms with Crippen LogP contribution in [0.4, 0.5) is 0 Å². The number of carbonyl (C=O) groups excluding carboxylic acids is 1. The zero-order valence-electron chi connectivity index (χ0n) is 13.0. The molecule has 0 radical (unpaired) electrons. The standard InChI is InChI=1S/C18H28O2/c1-3-5-6-7-8-9-12-15-20-18-14-11-10-13-16(18)17(19)4-2/h10-11,13-14H,3-9,12,15H2,1-2H3. The first-order valence-electron chi connectivity index (χ1n) is 8.04. The number of ether oxygens (including phenoxy) is 1. The van der Waals surface area contributed by atoms with E-state index < -0.39 is 0 Å². The number of para-hydroxylation sites is 1. The van der Waals surface area contributed by atoms with Crippen LogP contribution in [-0.4, -0.2) is 12.4 Å². The second-order valence-electron chi connectivity index (χ2n) is 5.24. The van der Waals surface area contributed by atoms with Crippen LogP contribution in [0.2, 0.25) is 0 Å². The average molecular weight is 276 g/mol. The van der Waals surface area contributed by atoms with Crippen molar-refractivity contribution in [2.45, 2.75) is 65.2 Å². The van der Waals surface area contributed by atoms with Gasteiger partial charge in [0.15, 0.2) is 5.78 Å². The van der Waals surface area contributed by atoms with Gasteiger partial charge in [0, 0.05) is 6.42 Å². The Morgan fingerprint density at radius 3 is 2.30 bits per heavy atom. The summed E-state index contributed by atoms with van der Waals surface area (Å²) in [7, 11) is 0. The van der Waals surface area contributed by atoms with Crippen molar-refractivity contribution in [1.82, 2.24) is 0 Å². The first kappa shape index (κ1) is 16.7. The van der Waals surface area contributed by atoms with Crippen LogP contribution in [0, 0.1) is 0 Å². The van der Waals surface area contributed by atoms with E-state index in [1.54, 1.807) is 0 Å². The van der Waals surface area contributed by atoms with Gasteiger partial charge in [-0.2, -0.15) is 0 Å². The highest BCUT2D eigenvalue weighted by Gasteiger charge is 2.09. The molecule has 0 aliphatic carbocycles. The van der Waals surface area contributed by atoms with Gasteiger partial charge in [-0.25, -0.2) is 0 Å². The Hall–Kier alpha value is -1.31. The maximum absolute atomic E-state index is 11.8. The van der Waals surface area contributed by atoms with Crippen LogP contribution in [0.1, 0.15) is 75.6 Å². The molecule has 0 aliphatic heterocycles. The third-order valence-corrected chi connectivity index (χ3v) is 3.51. The number of rotatable bonds is 11. The fourth-order valence-electron chi connectivity index (χ4n) is 2.25. The van der Waals surface area contributed by atoms with Crippen molar-refractivity contribution in [3.8, 4) is 5.75 Å². The monoisotopic (exact) mass is 276 g/mol. The molecule has 0 aliphatic rings. The van der Waals surface area contributed by atoms with E-state index in [0.29, 0.717) is 13.0 Å². The summed E-state index contributed by atoms with van der Waals surface area (Å²) in [4.78, 5) is 11.8. The van der Waals surface area contributed by atoms with Crippen LogP contribution in [0.25, 0.3) is 0 Å². The fraction of sp³-hybridized carbons (Fsp3) is 0.611. The molecule has 112 valence electrons. The van der Waals surface area contributed by atoms with E-state index in [4.69, 9.17) is 4.74 Å². The average Bonchev–Trinajstić information content (AvgIpc) is 2.49.